The Morgan fingerprint density at radius 3 is 2.57 bits per heavy atom. The van der Waals surface area contributed by atoms with Crippen molar-refractivity contribution in [2.45, 2.75) is 13.0 Å². The van der Waals surface area contributed by atoms with Crippen LogP contribution < -0.4 is 10.1 Å². The lowest BCUT2D eigenvalue weighted by Crippen LogP contribution is -2.24. The number of amides is 1. The number of nitrogens with zero attached hydrogens (tertiary/aromatic N) is 1. The van der Waals surface area contributed by atoms with Gasteiger partial charge < -0.3 is 15.0 Å². The highest BCUT2D eigenvalue weighted by atomic mass is 79.9. The molecule has 2 aromatic carbocycles. The van der Waals surface area contributed by atoms with E-state index in [4.69, 9.17) is 4.74 Å². The molecule has 0 bridgehead atoms. The average molecular weight is 377 g/mol. The van der Waals surface area contributed by atoms with Crippen LogP contribution in [0.3, 0.4) is 0 Å². The predicted octanol–water partition coefficient (Wildman–Crippen LogP) is 3.92. The van der Waals surface area contributed by atoms with Crippen LogP contribution in [-0.2, 0) is 11.3 Å². The molecule has 0 fully saturated rings. The minimum absolute atomic E-state index is 0.0165. The summed E-state index contributed by atoms with van der Waals surface area (Å²) in [5.74, 6) is 0.654. The van der Waals surface area contributed by atoms with E-state index in [-0.39, 0.29) is 5.91 Å². The summed E-state index contributed by atoms with van der Waals surface area (Å²) in [4.78, 5) is 14.2. The maximum Gasteiger partial charge on any atom is 0.225 e. The summed E-state index contributed by atoms with van der Waals surface area (Å²) < 4.78 is 6.30. The Morgan fingerprint density at radius 2 is 1.87 bits per heavy atom. The number of halogens is 1. The van der Waals surface area contributed by atoms with Crippen molar-refractivity contribution in [3.63, 3.8) is 0 Å². The minimum atomic E-state index is -0.0165. The van der Waals surface area contributed by atoms with Gasteiger partial charge in [0.15, 0.2) is 0 Å². The van der Waals surface area contributed by atoms with Crippen molar-refractivity contribution in [1.82, 2.24) is 4.90 Å². The monoisotopic (exact) mass is 376 g/mol. The zero-order valence-corrected chi connectivity index (χ0v) is 15.0. The van der Waals surface area contributed by atoms with Crippen molar-refractivity contribution in [2.24, 2.45) is 0 Å². The van der Waals surface area contributed by atoms with E-state index in [1.54, 1.807) is 7.11 Å². The van der Waals surface area contributed by atoms with Gasteiger partial charge in [-0.3, -0.25) is 4.79 Å². The van der Waals surface area contributed by atoms with E-state index in [0.717, 1.165) is 11.0 Å². The average Bonchev–Trinajstić information content (AvgIpc) is 2.55. The smallest absolute Gasteiger partial charge is 0.225 e. The summed E-state index contributed by atoms with van der Waals surface area (Å²) in [7, 11) is 3.61. The van der Waals surface area contributed by atoms with Gasteiger partial charge in [0.25, 0.3) is 0 Å². The van der Waals surface area contributed by atoms with Gasteiger partial charge in [-0.05, 0) is 36.9 Å². The number of nitrogens with one attached hydrogen (secondary N) is 1. The lowest BCUT2D eigenvalue weighted by molar-refractivity contribution is -0.116. The van der Waals surface area contributed by atoms with Crippen molar-refractivity contribution in [2.75, 3.05) is 26.0 Å². The highest BCUT2D eigenvalue weighted by Gasteiger charge is 2.08. The third-order valence-electron chi connectivity index (χ3n) is 3.47. The summed E-state index contributed by atoms with van der Waals surface area (Å²) in [5, 5.41) is 2.89. The van der Waals surface area contributed by atoms with Gasteiger partial charge in [-0.1, -0.05) is 40.2 Å². The summed E-state index contributed by atoms with van der Waals surface area (Å²) in [6, 6.07) is 15.6. The molecule has 0 spiro atoms. The van der Waals surface area contributed by atoms with E-state index in [2.05, 4.69) is 38.3 Å². The third kappa shape index (κ3) is 5.69. The summed E-state index contributed by atoms with van der Waals surface area (Å²) in [6.07, 6.45) is 0.436. The largest absolute Gasteiger partial charge is 0.495 e. The van der Waals surface area contributed by atoms with Crippen molar-refractivity contribution in [3.8, 4) is 5.75 Å². The molecular formula is C18H21BrN2O2. The number of para-hydroxylation sites is 2. The van der Waals surface area contributed by atoms with E-state index in [1.807, 2.05) is 43.4 Å². The third-order valence-corrected chi connectivity index (χ3v) is 4.00. The molecule has 5 heteroatoms. The van der Waals surface area contributed by atoms with E-state index in [1.165, 1.54) is 5.56 Å². The SMILES string of the molecule is COc1ccccc1NC(=O)CCN(C)Cc1ccc(Br)cc1. The molecule has 0 heterocycles. The fourth-order valence-corrected chi connectivity index (χ4v) is 2.50. The number of hydrogen-bond acceptors (Lipinski definition) is 3. The van der Waals surface area contributed by atoms with Gasteiger partial charge in [0.2, 0.25) is 5.91 Å². The fraction of sp³-hybridized carbons (Fsp3) is 0.278. The van der Waals surface area contributed by atoms with Crippen LogP contribution in [0.4, 0.5) is 5.69 Å². The quantitative estimate of drug-likeness (QED) is 0.795. The Morgan fingerprint density at radius 1 is 1.17 bits per heavy atom. The van der Waals surface area contributed by atoms with E-state index in [9.17, 15) is 4.79 Å². The topological polar surface area (TPSA) is 41.6 Å². The standard InChI is InChI=1S/C18H21BrN2O2/c1-21(13-14-7-9-15(19)10-8-14)12-11-18(22)20-16-5-3-4-6-17(16)23-2/h3-10H,11-13H2,1-2H3,(H,20,22). The second kappa shape index (κ2) is 8.70. The predicted molar refractivity (Wildman–Crippen MR) is 96.7 cm³/mol. The summed E-state index contributed by atoms with van der Waals surface area (Å²) in [5.41, 5.74) is 1.93. The molecule has 4 nitrogen and oxygen atoms in total. The fourth-order valence-electron chi connectivity index (χ4n) is 2.23. The molecule has 0 saturated heterocycles. The Kier molecular flexibility index (Phi) is 6.62. The first-order valence-electron chi connectivity index (χ1n) is 7.44. The van der Waals surface area contributed by atoms with Crippen LogP contribution in [-0.4, -0.2) is 31.5 Å². The Bertz CT molecular complexity index is 644. The molecule has 1 amide bonds. The lowest BCUT2D eigenvalue weighted by Gasteiger charge is -2.17. The molecule has 1 N–H and O–H groups in total. The van der Waals surface area contributed by atoms with Crippen LogP contribution in [0.5, 0.6) is 5.75 Å². The van der Waals surface area contributed by atoms with E-state index in [0.29, 0.717) is 24.4 Å². The lowest BCUT2D eigenvalue weighted by atomic mass is 10.2. The Balaban J connectivity index is 1.80. The zero-order chi connectivity index (χ0) is 16.7. The van der Waals surface area contributed by atoms with Crippen LogP contribution in [0.2, 0.25) is 0 Å². The molecule has 0 aliphatic carbocycles. The van der Waals surface area contributed by atoms with E-state index >= 15 is 0 Å². The molecule has 2 aromatic rings. The number of benzene rings is 2. The maximum absolute atomic E-state index is 12.1. The maximum atomic E-state index is 12.1. The highest BCUT2D eigenvalue weighted by molar-refractivity contribution is 9.10. The molecule has 0 aromatic heterocycles. The van der Waals surface area contributed by atoms with Crippen molar-refractivity contribution in [1.29, 1.82) is 0 Å². The molecule has 0 unspecified atom stereocenters. The molecule has 0 aliphatic heterocycles. The number of anilines is 1. The summed E-state index contributed by atoms with van der Waals surface area (Å²) in [6.45, 7) is 1.51. The van der Waals surface area contributed by atoms with Crippen LogP contribution in [0.25, 0.3) is 0 Å². The second-order valence-corrected chi connectivity index (χ2v) is 6.28. The first kappa shape index (κ1) is 17.5. The van der Waals surface area contributed by atoms with Gasteiger partial charge >= 0.3 is 0 Å². The normalized spacial score (nSPS) is 10.6. The first-order valence-corrected chi connectivity index (χ1v) is 8.23. The molecule has 2 rings (SSSR count). The number of rotatable bonds is 7. The van der Waals surface area contributed by atoms with Crippen molar-refractivity contribution in [3.05, 3.63) is 58.6 Å². The van der Waals surface area contributed by atoms with Crippen LogP contribution in [0, 0.1) is 0 Å². The van der Waals surface area contributed by atoms with Gasteiger partial charge in [-0.25, -0.2) is 0 Å². The van der Waals surface area contributed by atoms with Crippen LogP contribution in [0.15, 0.2) is 53.0 Å². The number of carbonyl (C=O) groups is 1. The summed E-state index contributed by atoms with van der Waals surface area (Å²) >= 11 is 3.43. The molecule has 0 radical (unpaired) electrons. The number of carbonyl (C=O) groups excluding carboxylic acids is 1. The zero-order valence-electron chi connectivity index (χ0n) is 13.4. The molecular weight excluding hydrogens is 356 g/mol. The first-order chi connectivity index (χ1) is 11.1. The van der Waals surface area contributed by atoms with Gasteiger partial charge in [0.05, 0.1) is 12.8 Å². The van der Waals surface area contributed by atoms with Crippen LogP contribution in [0.1, 0.15) is 12.0 Å². The van der Waals surface area contributed by atoms with Gasteiger partial charge in [-0.15, -0.1) is 0 Å². The number of hydrogen-bond donors (Lipinski definition) is 1. The number of methoxy groups -OCH3 is 1. The van der Waals surface area contributed by atoms with Gasteiger partial charge in [-0.2, -0.15) is 0 Å². The van der Waals surface area contributed by atoms with Gasteiger partial charge in [0, 0.05) is 24.0 Å². The van der Waals surface area contributed by atoms with Crippen LogP contribution >= 0.6 is 15.9 Å². The molecule has 0 aliphatic rings. The highest BCUT2D eigenvalue weighted by Crippen LogP contribution is 2.23. The second-order valence-electron chi connectivity index (χ2n) is 5.36. The molecule has 0 atom stereocenters. The Hall–Kier alpha value is -1.85. The van der Waals surface area contributed by atoms with Crippen molar-refractivity contribution < 1.29 is 9.53 Å². The molecule has 122 valence electrons. The molecule has 23 heavy (non-hydrogen) atoms. The number of ether oxygens (including phenoxy) is 1. The van der Waals surface area contributed by atoms with Gasteiger partial charge in [0.1, 0.15) is 5.75 Å². The van der Waals surface area contributed by atoms with Crippen molar-refractivity contribution >= 4 is 27.5 Å². The molecule has 0 saturated carbocycles. The minimum Gasteiger partial charge on any atom is -0.495 e. The Labute approximate surface area is 145 Å². The van der Waals surface area contributed by atoms with E-state index < -0.39 is 0 Å².